The first-order valence-corrected chi connectivity index (χ1v) is 7.26. The largest absolute Gasteiger partial charge is 0.504 e. The molecule has 1 saturated carbocycles. The highest BCUT2D eigenvalue weighted by atomic mass is 16.5. The SMILES string of the molecule is CCCC(O)COc1cccc(C(C)C2CC2)c1O. The summed E-state index contributed by atoms with van der Waals surface area (Å²) in [6.07, 6.45) is 3.68. The summed E-state index contributed by atoms with van der Waals surface area (Å²) in [7, 11) is 0. The fourth-order valence-electron chi connectivity index (χ4n) is 2.48. The second-order valence-corrected chi connectivity index (χ2v) is 5.57. The Bertz CT molecular complexity index is 412. The predicted octanol–water partition coefficient (Wildman–Crippen LogP) is 3.45. The minimum absolute atomic E-state index is 0.239. The summed E-state index contributed by atoms with van der Waals surface area (Å²) >= 11 is 0. The Kier molecular flexibility index (Phi) is 4.70. The third kappa shape index (κ3) is 3.63. The Balaban J connectivity index is 2.02. The predicted molar refractivity (Wildman–Crippen MR) is 75.7 cm³/mol. The number of para-hydroxylation sites is 1. The molecule has 0 amide bonds. The lowest BCUT2D eigenvalue weighted by molar-refractivity contribution is 0.0977. The van der Waals surface area contributed by atoms with Gasteiger partial charge in [-0.05, 0) is 37.2 Å². The minimum Gasteiger partial charge on any atom is -0.504 e. The van der Waals surface area contributed by atoms with Crippen LogP contribution in [0.5, 0.6) is 11.5 Å². The molecule has 106 valence electrons. The molecule has 1 aromatic carbocycles. The number of hydrogen-bond donors (Lipinski definition) is 2. The second-order valence-electron chi connectivity index (χ2n) is 5.57. The number of phenolic OH excluding ortho intramolecular Hbond substituents is 1. The van der Waals surface area contributed by atoms with Gasteiger partial charge in [-0.1, -0.05) is 32.4 Å². The summed E-state index contributed by atoms with van der Waals surface area (Å²) in [4.78, 5) is 0. The molecular weight excluding hydrogens is 240 g/mol. The smallest absolute Gasteiger partial charge is 0.161 e. The van der Waals surface area contributed by atoms with Gasteiger partial charge in [0.2, 0.25) is 0 Å². The van der Waals surface area contributed by atoms with Crippen molar-refractivity contribution >= 4 is 0 Å². The first-order valence-electron chi connectivity index (χ1n) is 7.26. The second kappa shape index (κ2) is 6.29. The molecule has 3 heteroatoms. The number of aliphatic hydroxyl groups is 1. The van der Waals surface area contributed by atoms with E-state index in [9.17, 15) is 10.2 Å². The zero-order valence-corrected chi connectivity index (χ0v) is 11.8. The van der Waals surface area contributed by atoms with Crippen LogP contribution >= 0.6 is 0 Å². The van der Waals surface area contributed by atoms with Crippen LogP contribution in [0.4, 0.5) is 0 Å². The van der Waals surface area contributed by atoms with E-state index in [1.54, 1.807) is 6.07 Å². The van der Waals surface area contributed by atoms with Gasteiger partial charge >= 0.3 is 0 Å². The maximum atomic E-state index is 10.3. The van der Waals surface area contributed by atoms with E-state index in [2.05, 4.69) is 6.92 Å². The third-order valence-electron chi connectivity index (χ3n) is 3.90. The third-order valence-corrected chi connectivity index (χ3v) is 3.90. The van der Waals surface area contributed by atoms with E-state index in [1.165, 1.54) is 12.8 Å². The molecular formula is C16H24O3. The van der Waals surface area contributed by atoms with Gasteiger partial charge in [0.05, 0.1) is 6.10 Å². The average molecular weight is 264 g/mol. The Morgan fingerprint density at radius 1 is 1.37 bits per heavy atom. The van der Waals surface area contributed by atoms with Crippen molar-refractivity contribution in [3.8, 4) is 11.5 Å². The van der Waals surface area contributed by atoms with Gasteiger partial charge in [0, 0.05) is 5.56 Å². The summed E-state index contributed by atoms with van der Waals surface area (Å²) in [5, 5.41) is 19.9. The number of ether oxygens (including phenoxy) is 1. The molecule has 0 radical (unpaired) electrons. The molecule has 0 saturated heterocycles. The summed E-state index contributed by atoms with van der Waals surface area (Å²) < 4.78 is 5.54. The molecule has 1 aliphatic rings. The molecule has 3 nitrogen and oxygen atoms in total. The van der Waals surface area contributed by atoms with Crippen molar-refractivity contribution in [2.45, 2.75) is 51.6 Å². The van der Waals surface area contributed by atoms with Gasteiger partial charge in [-0.3, -0.25) is 0 Å². The highest BCUT2D eigenvalue weighted by Crippen LogP contribution is 2.46. The van der Waals surface area contributed by atoms with E-state index in [-0.39, 0.29) is 12.4 Å². The fraction of sp³-hybridized carbons (Fsp3) is 0.625. The molecule has 1 aliphatic carbocycles. The van der Waals surface area contributed by atoms with Crippen molar-refractivity contribution in [3.05, 3.63) is 23.8 Å². The van der Waals surface area contributed by atoms with Crippen LogP contribution in [0.15, 0.2) is 18.2 Å². The molecule has 19 heavy (non-hydrogen) atoms. The highest BCUT2D eigenvalue weighted by Gasteiger charge is 2.31. The number of aliphatic hydroxyl groups excluding tert-OH is 1. The first-order chi connectivity index (χ1) is 9.13. The molecule has 2 rings (SSSR count). The van der Waals surface area contributed by atoms with Crippen molar-refractivity contribution in [2.75, 3.05) is 6.61 Å². The van der Waals surface area contributed by atoms with Crippen LogP contribution in [0, 0.1) is 5.92 Å². The van der Waals surface area contributed by atoms with Crippen LogP contribution in [0.2, 0.25) is 0 Å². The molecule has 1 aromatic rings. The Labute approximate surface area is 115 Å². The molecule has 2 unspecified atom stereocenters. The van der Waals surface area contributed by atoms with Gasteiger partial charge in [-0.15, -0.1) is 0 Å². The molecule has 0 bridgehead atoms. The fourth-order valence-corrected chi connectivity index (χ4v) is 2.48. The number of hydrogen-bond acceptors (Lipinski definition) is 3. The Morgan fingerprint density at radius 2 is 2.11 bits per heavy atom. The number of phenols is 1. The summed E-state index contributed by atoms with van der Waals surface area (Å²) in [5.41, 5.74) is 0.963. The van der Waals surface area contributed by atoms with Gasteiger partial charge in [-0.2, -0.15) is 0 Å². The van der Waals surface area contributed by atoms with Crippen LogP contribution in [0.3, 0.4) is 0 Å². The van der Waals surface area contributed by atoms with Gasteiger partial charge < -0.3 is 14.9 Å². The number of benzene rings is 1. The van der Waals surface area contributed by atoms with Crippen molar-refractivity contribution in [2.24, 2.45) is 5.92 Å². The summed E-state index contributed by atoms with van der Waals surface area (Å²) in [6, 6.07) is 5.64. The zero-order valence-electron chi connectivity index (χ0n) is 11.8. The lowest BCUT2D eigenvalue weighted by Crippen LogP contribution is -2.17. The Hall–Kier alpha value is -1.22. The molecule has 0 heterocycles. The quantitative estimate of drug-likeness (QED) is 0.793. The van der Waals surface area contributed by atoms with E-state index in [1.807, 2.05) is 19.1 Å². The van der Waals surface area contributed by atoms with Crippen molar-refractivity contribution < 1.29 is 14.9 Å². The van der Waals surface area contributed by atoms with Crippen LogP contribution in [0.1, 0.15) is 51.0 Å². The van der Waals surface area contributed by atoms with Crippen molar-refractivity contribution in [3.63, 3.8) is 0 Å². The topological polar surface area (TPSA) is 49.7 Å². The summed E-state index contributed by atoms with van der Waals surface area (Å²) in [5.74, 6) is 1.81. The Morgan fingerprint density at radius 3 is 2.74 bits per heavy atom. The first kappa shape index (κ1) is 14.2. The van der Waals surface area contributed by atoms with E-state index in [4.69, 9.17) is 4.74 Å². The molecule has 2 atom stereocenters. The van der Waals surface area contributed by atoms with Crippen LogP contribution < -0.4 is 4.74 Å². The lowest BCUT2D eigenvalue weighted by atomic mass is 9.95. The maximum absolute atomic E-state index is 10.3. The summed E-state index contributed by atoms with van der Waals surface area (Å²) in [6.45, 7) is 4.42. The van der Waals surface area contributed by atoms with Gasteiger partial charge in [0.15, 0.2) is 11.5 Å². The minimum atomic E-state index is -0.464. The average Bonchev–Trinajstić information content (AvgIpc) is 3.21. The van der Waals surface area contributed by atoms with Gasteiger partial charge in [0.1, 0.15) is 6.61 Å². The van der Waals surface area contributed by atoms with E-state index >= 15 is 0 Å². The molecule has 0 aliphatic heterocycles. The van der Waals surface area contributed by atoms with E-state index in [0.717, 1.165) is 18.4 Å². The van der Waals surface area contributed by atoms with Crippen LogP contribution in [-0.2, 0) is 0 Å². The number of aromatic hydroxyl groups is 1. The van der Waals surface area contributed by atoms with Crippen molar-refractivity contribution in [1.82, 2.24) is 0 Å². The zero-order chi connectivity index (χ0) is 13.8. The molecule has 0 aromatic heterocycles. The monoisotopic (exact) mass is 264 g/mol. The molecule has 0 spiro atoms. The highest BCUT2D eigenvalue weighted by molar-refractivity contribution is 5.47. The lowest BCUT2D eigenvalue weighted by Gasteiger charge is -2.17. The molecule has 2 N–H and O–H groups in total. The maximum Gasteiger partial charge on any atom is 0.161 e. The standard InChI is InChI=1S/C16H24O3/c1-3-5-13(17)10-19-15-7-4-6-14(16(15)18)11(2)12-8-9-12/h4,6-7,11-13,17-18H,3,5,8-10H2,1-2H3. The number of rotatable bonds is 7. The van der Waals surface area contributed by atoms with Crippen LogP contribution in [0.25, 0.3) is 0 Å². The van der Waals surface area contributed by atoms with Crippen molar-refractivity contribution in [1.29, 1.82) is 0 Å². The van der Waals surface area contributed by atoms with Gasteiger partial charge in [0.25, 0.3) is 0 Å². The molecule has 1 fully saturated rings. The van der Waals surface area contributed by atoms with Gasteiger partial charge in [-0.25, -0.2) is 0 Å². The normalized spacial score (nSPS) is 18.1. The van der Waals surface area contributed by atoms with E-state index < -0.39 is 6.10 Å². The van der Waals surface area contributed by atoms with Crippen LogP contribution in [-0.4, -0.2) is 22.9 Å². The van der Waals surface area contributed by atoms with E-state index in [0.29, 0.717) is 17.6 Å².